The van der Waals surface area contributed by atoms with E-state index in [4.69, 9.17) is 5.14 Å². The fourth-order valence-corrected chi connectivity index (χ4v) is 2.74. The minimum Gasteiger partial charge on any atom is -0.258 e. The minimum absolute atomic E-state index is 0.0806. The van der Waals surface area contributed by atoms with Gasteiger partial charge < -0.3 is 0 Å². The number of sulfonamides is 1. The van der Waals surface area contributed by atoms with Gasteiger partial charge in [0.05, 0.1) is 4.92 Å². The highest BCUT2D eigenvalue weighted by molar-refractivity contribution is 7.89. The Hall–Kier alpha value is -1.47. The van der Waals surface area contributed by atoms with Gasteiger partial charge in [-0.1, -0.05) is 18.6 Å². The van der Waals surface area contributed by atoms with Crippen LogP contribution in [-0.2, 0) is 10.0 Å². The first-order chi connectivity index (χ1) is 7.91. The molecule has 1 aliphatic rings. The zero-order valence-electron chi connectivity index (χ0n) is 9.00. The van der Waals surface area contributed by atoms with Crippen molar-refractivity contribution >= 4 is 15.7 Å². The summed E-state index contributed by atoms with van der Waals surface area (Å²) in [6.07, 6.45) is 2.73. The molecule has 1 saturated carbocycles. The first kappa shape index (κ1) is 12.0. The van der Waals surface area contributed by atoms with E-state index in [1.807, 2.05) is 0 Å². The molecule has 17 heavy (non-hydrogen) atoms. The Labute approximate surface area is 98.6 Å². The predicted molar refractivity (Wildman–Crippen MR) is 61.1 cm³/mol. The lowest BCUT2D eigenvalue weighted by Gasteiger charge is -2.25. The van der Waals surface area contributed by atoms with E-state index in [-0.39, 0.29) is 11.6 Å². The summed E-state index contributed by atoms with van der Waals surface area (Å²) in [6.45, 7) is 0. The van der Waals surface area contributed by atoms with Gasteiger partial charge in [-0.25, -0.2) is 13.6 Å². The van der Waals surface area contributed by atoms with Crippen LogP contribution in [0.5, 0.6) is 0 Å². The fourth-order valence-electron chi connectivity index (χ4n) is 2.01. The number of para-hydroxylation sites is 1. The second-order valence-electron chi connectivity index (χ2n) is 4.12. The van der Waals surface area contributed by atoms with Gasteiger partial charge in [0.1, 0.15) is 0 Å². The number of primary sulfonamides is 1. The van der Waals surface area contributed by atoms with Gasteiger partial charge in [-0.15, -0.1) is 0 Å². The molecule has 1 aliphatic carbocycles. The zero-order valence-corrected chi connectivity index (χ0v) is 9.81. The molecule has 0 saturated heterocycles. The summed E-state index contributed by atoms with van der Waals surface area (Å²) in [7, 11) is -4.06. The molecule has 0 radical (unpaired) electrons. The second kappa shape index (κ2) is 4.08. The van der Waals surface area contributed by atoms with E-state index in [9.17, 15) is 18.5 Å². The van der Waals surface area contributed by atoms with Crippen molar-refractivity contribution in [1.29, 1.82) is 0 Å². The Balaban J connectivity index is 2.65. The number of nitrogens with zero attached hydrogens (tertiary/aromatic N) is 1. The average molecular weight is 256 g/mol. The summed E-state index contributed by atoms with van der Waals surface area (Å²) >= 11 is 0. The van der Waals surface area contributed by atoms with Gasteiger partial charge in [-0.05, 0) is 24.8 Å². The number of hydrogen-bond acceptors (Lipinski definition) is 4. The zero-order chi connectivity index (χ0) is 12.6. The van der Waals surface area contributed by atoms with Gasteiger partial charge in [0.15, 0.2) is 4.90 Å². The highest BCUT2D eigenvalue weighted by atomic mass is 32.2. The van der Waals surface area contributed by atoms with Crippen molar-refractivity contribution in [3.8, 4) is 0 Å². The first-order valence-electron chi connectivity index (χ1n) is 5.21. The molecule has 0 spiro atoms. The number of rotatable bonds is 3. The Kier molecular flexibility index (Phi) is 2.88. The maximum Gasteiger partial charge on any atom is 0.292 e. The Morgan fingerprint density at radius 2 is 2.00 bits per heavy atom. The van der Waals surface area contributed by atoms with Crippen LogP contribution in [0, 0.1) is 10.1 Å². The van der Waals surface area contributed by atoms with Crippen molar-refractivity contribution in [1.82, 2.24) is 0 Å². The summed E-state index contributed by atoms with van der Waals surface area (Å²) in [5, 5.41) is 16.0. The van der Waals surface area contributed by atoms with Gasteiger partial charge >= 0.3 is 0 Å². The number of hydrogen-bond donors (Lipinski definition) is 1. The summed E-state index contributed by atoms with van der Waals surface area (Å²) in [6, 6.07) is 4.28. The van der Waals surface area contributed by atoms with Crippen molar-refractivity contribution in [3.63, 3.8) is 0 Å². The highest BCUT2D eigenvalue weighted by Gasteiger charge is 2.32. The number of nitro groups is 1. The van der Waals surface area contributed by atoms with E-state index in [1.54, 1.807) is 6.07 Å². The van der Waals surface area contributed by atoms with Crippen LogP contribution >= 0.6 is 0 Å². The summed E-state index contributed by atoms with van der Waals surface area (Å²) in [5.74, 6) is 0.0806. The molecule has 0 aliphatic heterocycles. The molecule has 6 nitrogen and oxygen atoms in total. The van der Waals surface area contributed by atoms with Crippen LogP contribution in [0.4, 0.5) is 5.69 Å². The van der Waals surface area contributed by atoms with Crippen molar-refractivity contribution < 1.29 is 13.3 Å². The summed E-state index contributed by atoms with van der Waals surface area (Å²) < 4.78 is 22.6. The molecule has 2 rings (SSSR count). The van der Waals surface area contributed by atoms with Crippen molar-refractivity contribution in [2.24, 2.45) is 5.14 Å². The van der Waals surface area contributed by atoms with E-state index in [0.717, 1.165) is 19.3 Å². The first-order valence-corrected chi connectivity index (χ1v) is 6.76. The van der Waals surface area contributed by atoms with Gasteiger partial charge in [0.2, 0.25) is 10.0 Å². The molecule has 0 amide bonds. The molecule has 0 bridgehead atoms. The van der Waals surface area contributed by atoms with Crippen LogP contribution < -0.4 is 5.14 Å². The van der Waals surface area contributed by atoms with Gasteiger partial charge in [-0.2, -0.15) is 0 Å². The topological polar surface area (TPSA) is 103 Å². The van der Waals surface area contributed by atoms with E-state index < -0.39 is 19.8 Å². The molecule has 1 aromatic rings. The number of nitro benzene ring substituents is 1. The predicted octanol–water partition coefficient (Wildman–Crippen LogP) is 1.51. The van der Waals surface area contributed by atoms with E-state index in [0.29, 0.717) is 5.56 Å². The fraction of sp³-hybridized carbons (Fsp3) is 0.400. The average Bonchev–Trinajstić information content (AvgIpc) is 2.12. The SMILES string of the molecule is NS(=O)(=O)c1cccc(C2CCC2)c1[N+](=O)[O-]. The third-order valence-electron chi connectivity index (χ3n) is 3.06. The molecule has 1 fully saturated rings. The smallest absolute Gasteiger partial charge is 0.258 e. The lowest BCUT2D eigenvalue weighted by atomic mass is 9.79. The maximum absolute atomic E-state index is 11.3. The third kappa shape index (κ3) is 2.16. The molecule has 0 atom stereocenters. The molecule has 0 aromatic heterocycles. The normalized spacial score (nSPS) is 16.5. The van der Waals surface area contributed by atoms with Gasteiger partial charge in [0, 0.05) is 5.56 Å². The quantitative estimate of drug-likeness (QED) is 0.653. The third-order valence-corrected chi connectivity index (χ3v) is 4.01. The number of nitrogens with two attached hydrogens (primary N) is 1. The second-order valence-corrected chi connectivity index (χ2v) is 5.65. The molecule has 7 heteroatoms. The van der Waals surface area contributed by atoms with E-state index >= 15 is 0 Å². The summed E-state index contributed by atoms with van der Waals surface area (Å²) in [5.41, 5.74) is 0.118. The highest BCUT2D eigenvalue weighted by Crippen LogP contribution is 2.42. The standard InChI is InChI=1S/C10H12N2O4S/c11-17(15,16)9-6-2-5-8(7-3-1-4-7)10(9)12(13)14/h2,5-7H,1,3-4H2,(H2,11,15,16). The van der Waals surface area contributed by atoms with Crippen molar-refractivity contribution in [3.05, 3.63) is 33.9 Å². The summed E-state index contributed by atoms with van der Waals surface area (Å²) in [4.78, 5) is 9.96. The van der Waals surface area contributed by atoms with Crippen LogP contribution in [-0.4, -0.2) is 13.3 Å². The minimum atomic E-state index is -4.06. The molecule has 0 heterocycles. The monoisotopic (exact) mass is 256 g/mol. The van der Waals surface area contributed by atoms with E-state index in [2.05, 4.69) is 0 Å². The maximum atomic E-state index is 11.3. The van der Waals surface area contributed by atoms with Crippen LogP contribution in [0.15, 0.2) is 23.1 Å². The molecular weight excluding hydrogens is 244 g/mol. The van der Waals surface area contributed by atoms with Gasteiger partial charge in [-0.3, -0.25) is 10.1 Å². The number of benzene rings is 1. The van der Waals surface area contributed by atoms with Crippen LogP contribution in [0.2, 0.25) is 0 Å². The molecule has 0 unspecified atom stereocenters. The largest absolute Gasteiger partial charge is 0.292 e. The molecule has 1 aromatic carbocycles. The Morgan fingerprint density at radius 3 is 2.41 bits per heavy atom. The van der Waals surface area contributed by atoms with Crippen molar-refractivity contribution in [2.75, 3.05) is 0 Å². The lowest BCUT2D eigenvalue weighted by molar-refractivity contribution is -0.388. The van der Waals surface area contributed by atoms with Crippen molar-refractivity contribution in [2.45, 2.75) is 30.1 Å². The van der Waals surface area contributed by atoms with Crippen LogP contribution in [0.1, 0.15) is 30.7 Å². The van der Waals surface area contributed by atoms with Gasteiger partial charge in [0.25, 0.3) is 5.69 Å². The molecular formula is C10H12N2O4S. The van der Waals surface area contributed by atoms with Crippen LogP contribution in [0.25, 0.3) is 0 Å². The molecule has 92 valence electrons. The van der Waals surface area contributed by atoms with E-state index in [1.165, 1.54) is 12.1 Å². The molecule has 2 N–H and O–H groups in total. The Morgan fingerprint density at radius 1 is 1.35 bits per heavy atom. The lowest BCUT2D eigenvalue weighted by Crippen LogP contribution is -2.17. The van der Waals surface area contributed by atoms with Crippen LogP contribution in [0.3, 0.4) is 0 Å². The Bertz CT molecular complexity index is 564.